The number of nitrogens with two attached hydrogens (primary N) is 1. The minimum absolute atomic E-state index is 0.638. The molecule has 4 heteroatoms. The number of aryl methyl sites for hydroxylation is 1. The van der Waals surface area contributed by atoms with E-state index >= 15 is 0 Å². The largest absolute Gasteiger partial charge is 0.396 e. The second kappa shape index (κ2) is 4.14. The first kappa shape index (κ1) is 10.8. The van der Waals surface area contributed by atoms with E-state index in [1.807, 2.05) is 40.9 Å². The van der Waals surface area contributed by atoms with E-state index < -0.39 is 0 Å². The molecular formula is C14H14N4. The summed E-state index contributed by atoms with van der Waals surface area (Å²) in [4.78, 5) is 4.31. The summed E-state index contributed by atoms with van der Waals surface area (Å²) >= 11 is 0. The van der Waals surface area contributed by atoms with Crippen molar-refractivity contribution in [3.63, 3.8) is 0 Å². The summed E-state index contributed by atoms with van der Waals surface area (Å²) in [6.07, 6.45) is 2.58. The van der Waals surface area contributed by atoms with Gasteiger partial charge in [-0.1, -0.05) is 37.3 Å². The molecule has 0 fully saturated rings. The van der Waals surface area contributed by atoms with Crippen molar-refractivity contribution in [3.8, 4) is 11.3 Å². The van der Waals surface area contributed by atoms with Gasteiger partial charge in [-0.15, -0.1) is 0 Å². The monoisotopic (exact) mass is 238 g/mol. The number of nitrogen functional groups attached to an aromatic ring is 1. The van der Waals surface area contributed by atoms with E-state index in [1.165, 1.54) is 0 Å². The molecule has 0 spiro atoms. The van der Waals surface area contributed by atoms with Crippen LogP contribution in [0, 0.1) is 0 Å². The zero-order chi connectivity index (χ0) is 12.5. The minimum atomic E-state index is 0.638. The Balaban J connectivity index is 2.33. The molecule has 0 bridgehead atoms. The lowest BCUT2D eigenvalue weighted by Gasteiger charge is -2.07. The van der Waals surface area contributed by atoms with Crippen molar-refractivity contribution in [2.75, 3.05) is 5.73 Å². The molecule has 0 aliphatic rings. The van der Waals surface area contributed by atoms with Gasteiger partial charge in [0.05, 0.1) is 23.3 Å². The fourth-order valence-electron chi connectivity index (χ4n) is 2.05. The molecule has 2 N–H and O–H groups in total. The summed E-state index contributed by atoms with van der Waals surface area (Å²) in [6.45, 7) is 2.08. The van der Waals surface area contributed by atoms with E-state index in [2.05, 4.69) is 17.0 Å². The van der Waals surface area contributed by atoms with Crippen LogP contribution in [0.3, 0.4) is 0 Å². The predicted molar refractivity (Wildman–Crippen MR) is 72.2 cm³/mol. The summed E-state index contributed by atoms with van der Waals surface area (Å²) in [7, 11) is 0. The average molecular weight is 238 g/mol. The highest BCUT2D eigenvalue weighted by atomic mass is 15.3. The lowest BCUT2D eigenvalue weighted by atomic mass is 10.1. The van der Waals surface area contributed by atoms with Crippen molar-refractivity contribution < 1.29 is 0 Å². The minimum Gasteiger partial charge on any atom is -0.396 e. The van der Waals surface area contributed by atoms with Gasteiger partial charge in [-0.25, -0.2) is 9.50 Å². The smallest absolute Gasteiger partial charge is 0.156 e. The summed E-state index contributed by atoms with van der Waals surface area (Å²) in [5.74, 6) is 0. The maximum atomic E-state index is 6.05. The zero-order valence-electron chi connectivity index (χ0n) is 10.2. The molecule has 3 rings (SSSR count). The Labute approximate surface area is 105 Å². The Morgan fingerprint density at radius 3 is 2.72 bits per heavy atom. The maximum absolute atomic E-state index is 6.05. The van der Waals surface area contributed by atoms with Crippen LogP contribution in [-0.4, -0.2) is 14.6 Å². The zero-order valence-corrected chi connectivity index (χ0v) is 10.2. The Bertz CT molecular complexity index is 686. The normalized spacial score (nSPS) is 10.9. The van der Waals surface area contributed by atoms with Gasteiger partial charge >= 0.3 is 0 Å². The van der Waals surface area contributed by atoms with Gasteiger partial charge < -0.3 is 5.73 Å². The van der Waals surface area contributed by atoms with E-state index in [0.29, 0.717) is 5.69 Å². The van der Waals surface area contributed by atoms with Crippen molar-refractivity contribution in [2.24, 2.45) is 0 Å². The van der Waals surface area contributed by atoms with Crippen LogP contribution in [0.2, 0.25) is 0 Å². The van der Waals surface area contributed by atoms with Gasteiger partial charge in [0.1, 0.15) is 0 Å². The maximum Gasteiger partial charge on any atom is 0.156 e. The van der Waals surface area contributed by atoms with Gasteiger partial charge in [-0.3, -0.25) is 0 Å². The number of fused-ring (bicyclic) bond motifs is 1. The van der Waals surface area contributed by atoms with E-state index in [-0.39, 0.29) is 0 Å². The molecule has 0 saturated carbocycles. The summed E-state index contributed by atoms with van der Waals surface area (Å²) in [5.41, 5.74) is 10.5. The number of nitrogens with zero attached hydrogens (tertiary/aromatic N) is 3. The quantitative estimate of drug-likeness (QED) is 0.746. The third-order valence-electron chi connectivity index (χ3n) is 2.97. The van der Waals surface area contributed by atoms with Gasteiger partial charge in [0.2, 0.25) is 0 Å². The summed E-state index contributed by atoms with van der Waals surface area (Å²) < 4.78 is 1.82. The number of rotatable bonds is 2. The van der Waals surface area contributed by atoms with E-state index in [9.17, 15) is 0 Å². The SMILES string of the molecule is CCc1cc2ncc(N)c(-c3ccccc3)n2n1. The van der Waals surface area contributed by atoms with Crippen molar-refractivity contribution in [1.29, 1.82) is 0 Å². The first-order valence-electron chi connectivity index (χ1n) is 5.98. The van der Waals surface area contributed by atoms with Crippen molar-refractivity contribution >= 4 is 11.3 Å². The first-order chi connectivity index (χ1) is 8.79. The molecule has 1 aromatic carbocycles. The van der Waals surface area contributed by atoms with Crippen LogP contribution in [0.15, 0.2) is 42.6 Å². The number of aromatic nitrogens is 3. The molecule has 0 saturated heterocycles. The van der Waals surface area contributed by atoms with Gasteiger partial charge in [0.25, 0.3) is 0 Å². The molecule has 2 aromatic heterocycles. The molecule has 18 heavy (non-hydrogen) atoms. The Morgan fingerprint density at radius 1 is 1.22 bits per heavy atom. The molecular weight excluding hydrogens is 224 g/mol. The second-order valence-corrected chi connectivity index (χ2v) is 4.19. The fraction of sp³-hybridized carbons (Fsp3) is 0.143. The number of hydrogen-bond donors (Lipinski definition) is 1. The van der Waals surface area contributed by atoms with E-state index in [1.54, 1.807) is 6.20 Å². The summed E-state index contributed by atoms with van der Waals surface area (Å²) in [5, 5.41) is 4.54. The number of anilines is 1. The molecule has 2 heterocycles. The van der Waals surface area contributed by atoms with Crippen molar-refractivity contribution in [3.05, 3.63) is 48.3 Å². The van der Waals surface area contributed by atoms with E-state index in [4.69, 9.17) is 5.73 Å². The predicted octanol–water partition coefficient (Wildman–Crippen LogP) is 2.54. The Hall–Kier alpha value is -2.36. The third kappa shape index (κ3) is 1.62. The molecule has 90 valence electrons. The van der Waals surface area contributed by atoms with Crippen LogP contribution in [-0.2, 0) is 6.42 Å². The Morgan fingerprint density at radius 2 is 2.00 bits per heavy atom. The molecule has 0 unspecified atom stereocenters. The number of hydrogen-bond acceptors (Lipinski definition) is 3. The van der Waals surface area contributed by atoms with Crippen LogP contribution >= 0.6 is 0 Å². The van der Waals surface area contributed by atoms with Gasteiger partial charge in [-0.2, -0.15) is 5.10 Å². The molecule has 0 aliphatic heterocycles. The second-order valence-electron chi connectivity index (χ2n) is 4.19. The van der Waals surface area contributed by atoms with Gasteiger partial charge in [0.15, 0.2) is 5.65 Å². The molecule has 0 amide bonds. The topological polar surface area (TPSA) is 56.2 Å². The van der Waals surface area contributed by atoms with Crippen LogP contribution in [0.1, 0.15) is 12.6 Å². The summed E-state index contributed by atoms with van der Waals surface area (Å²) in [6, 6.07) is 12.0. The molecule has 0 atom stereocenters. The fourth-order valence-corrected chi connectivity index (χ4v) is 2.05. The Kier molecular flexibility index (Phi) is 2.48. The van der Waals surface area contributed by atoms with Gasteiger partial charge in [0, 0.05) is 11.6 Å². The van der Waals surface area contributed by atoms with Crippen LogP contribution in [0.4, 0.5) is 5.69 Å². The highest BCUT2D eigenvalue weighted by Crippen LogP contribution is 2.25. The molecule has 3 aromatic rings. The molecule has 4 nitrogen and oxygen atoms in total. The van der Waals surface area contributed by atoms with Crippen molar-refractivity contribution in [2.45, 2.75) is 13.3 Å². The standard InChI is InChI=1S/C14H14N4/c1-2-11-8-13-16-9-12(15)14(18(13)17-11)10-6-4-3-5-7-10/h3-9H,2,15H2,1H3. The third-order valence-corrected chi connectivity index (χ3v) is 2.97. The molecule has 0 radical (unpaired) electrons. The molecule has 0 aliphatic carbocycles. The average Bonchev–Trinajstić information content (AvgIpc) is 2.82. The first-order valence-corrected chi connectivity index (χ1v) is 5.98. The lowest BCUT2D eigenvalue weighted by molar-refractivity contribution is 0.895. The number of benzene rings is 1. The van der Waals surface area contributed by atoms with Gasteiger partial charge in [-0.05, 0) is 6.42 Å². The highest BCUT2D eigenvalue weighted by molar-refractivity contribution is 5.74. The lowest BCUT2D eigenvalue weighted by Crippen LogP contribution is -2.01. The van der Waals surface area contributed by atoms with Crippen LogP contribution < -0.4 is 5.73 Å². The highest BCUT2D eigenvalue weighted by Gasteiger charge is 2.11. The van der Waals surface area contributed by atoms with Crippen molar-refractivity contribution in [1.82, 2.24) is 14.6 Å². The van der Waals surface area contributed by atoms with E-state index in [0.717, 1.165) is 29.0 Å². The van der Waals surface area contributed by atoms with Crippen LogP contribution in [0.25, 0.3) is 16.9 Å². The van der Waals surface area contributed by atoms with Crippen LogP contribution in [0.5, 0.6) is 0 Å².